The number of aliphatic hydroxyl groups is 5. The quantitative estimate of drug-likeness (QED) is 0.0261. The molecule has 0 aromatic heterocycles. The largest absolute Gasteiger partial charge is 0.394 e. The molecule has 0 spiro atoms. The first kappa shape index (κ1) is 66.9. The maximum Gasteiger partial charge on any atom is 0.220 e. The van der Waals surface area contributed by atoms with Crippen LogP contribution in [-0.4, -0.2) is 87.5 Å². The van der Waals surface area contributed by atoms with E-state index in [1.807, 2.05) is 6.08 Å². The van der Waals surface area contributed by atoms with Crippen molar-refractivity contribution in [1.82, 2.24) is 5.32 Å². The van der Waals surface area contributed by atoms with Crippen molar-refractivity contribution >= 4 is 5.91 Å². The first-order valence-electron chi connectivity index (χ1n) is 29.1. The minimum Gasteiger partial charge on any atom is -0.394 e. The molecule has 7 unspecified atom stereocenters. The molecule has 1 heterocycles. The van der Waals surface area contributed by atoms with Gasteiger partial charge in [0.1, 0.15) is 24.4 Å². The Morgan fingerprint density at radius 1 is 0.486 bits per heavy atom. The summed E-state index contributed by atoms with van der Waals surface area (Å²) in [6.07, 6.45) is 68.6. The molecule has 0 aromatic carbocycles. The second-order valence-corrected chi connectivity index (χ2v) is 19.7. The number of carbonyl (C=O) groups is 1. The van der Waals surface area contributed by atoms with Gasteiger partial charge in [-0.05, 0) is 89.9 Å². The summed E-state index contributed by atoms with van der Waals surface area (Å²) in [4.78, 5) is 13.1. The van der Waals surface area contributed by atoms with Crippen molar-refractivity contribution in [3.63, 3.8) is 0 Å². The van der Waals surface area contributed by atoms with Crippen LogP contribution in [0, 0.1) is 0 Å². The van der Waals surface area contributed by atoms with Crippen LogP contribution in [0.25, 0.3) is 0 Å². The molecule has 9 nitrogen and oxygen atoms in total. The lowest BCUT2D eigenvalue weighted by atomic mass is 9.99. The van der Waals surface area contributed by atoms with Crippen molar-refractivity contribution in [3.05, 3.63) is 109 Å². The molecule has 72 heavy (non-hydrogen) atoms. The van der Waals surface area contributed by atoms with Gasteiger partial charge < -0.3 is 40.3 Å². The van der Waals surface area contributed by atoms with E-state index in [-0.39, 0.29) is 12.5 Å². The summed E-state index contributed by atoms with van der Waals surface area (Å²) in [5.41, 5.74) is 0. The number of allylic oxidation sites excluding steroid dienone is 17. The molecule has 7 atom stereocenters. The van der Waals surface area contributed by atoms with E-state index in [1.54, 1.807) is 6.08 Å². The van der Waals surface area contributed by atoms with Crippen molar-refractivity contribution in [3.8, 4) is 0 Å². The van der Waals surface area contributed by atoms with Gasteiger partial charge in [-0.25, -0.2) is 0 Å². The fourth-order valence-electron chi connectivity index (χ4n) is 8.51. The van der Waals surface area contributed by atoms with Gasteiger partial charge in [0.2, 0.25) is 5.91 Å². The molecule has 1 aliphatic rings. The highest BCUT2D eigenvalue weighted by Crippen LogP contribution is 2.23. The topological polar surface area (TPSA) is 149 Å². The molecule has 0 aliphatic carbocycles. The maximum atomic E-state index is 13.1. The molecule has 412 valence electrons. The Bertz CT molecular complexity index is 1490. The zero-order valence-corrected chi connectivity index (χ0v) is 45.6. The summed E-state index contributed by atoms with van der Waals surface area (Å²) in [7, 11) is 0. The van der Waals surface area contributed by atoms with E-state index in [0.29, 0.717) is 6.42 Å². The molecule has 1 amide bonds. The smallest absolute Gasteiger partial charge is 0.220 e. The molecule has 1 saturated heterocycles. The zero-order chi connectivity index (χ0) is 52.2. The Kier molecular flexibility index (Phi) is 47.7. The van der Waals surface area contributed by atoms with Crippen LogP contribution in [0.3, 0.4) is 0 Å². The van der Waals surface area contributed by atoms with Crippen LogP contribution in [-0.2, 0) is 14.3 Å². The van der Waals surface area contributed by atoms with Crippen LogP contribution in [0.15, 0.2) is 109 Å². The standard InChI is InChI=1S/C63H107NO8/c1-3-5-7-9-11-13-15-17-19-21-23-25-26-27-28-29-30-31-32-33-35-37-39-41-43-45-47-49-51-53-59(67)64-56(55-71-63-62(70)61(69)60(68)58(54-65)72-63)57(66)52-50-48-46-44-42-40-38-36-34-24-22-20-18-16-14-12-10-8-6-4-2/h5,7,11,13,17,19,23,25,27-28,30-31,33,35,42,44,50,52,56-58,60-63,65-66,68-70H,3-4,6,8-10,12,14-16,18,20-22,24,26,29,32,34,36-41,43,45-49,51,53-55H2,1-2H3,(H,64,67)/b7-5-,13-11-,19-17-,25-23-,28-27-,31-30-,35-33-,44-42+,52-50+. The molecular formula is C63H107NO8. The van der Waals surface area contributed by atoms with Crippen molar-refractivity contribution in [2.24, 2.45) is 0 Å². The van der Waals surface area contributed by atoms with Gasteiger partial charge in [0.25, 0.3) is 0 Å². The van der Waals surface area contributed by atoms with Crippen LogP contribution in [0.2, 0.25) is 0 Å². The third-order valence-corrected chi connectivity index (χ3v) is 13.1. The number of aliphatic hydroxyl groups excluding tert-OH is 5. The molecule has 0 saturated carbocycles. The number of unbranched alkanes of at least 4 members (excludes halogenated alkanes) is 22. The van der Waals surface area contributed by atoms with Gasteiger partial charge in [-0.2, -0.15) is 0 Å². The minimum atomic E-state index is -1.58. The van der Waals surface area contributed by atoms with Crippen LogP contribution in [0.4, 0.5) is 0 Å². The highest BCUT2D eigenvalue weighted by atomic mass is 16.7. The molecule has 1 fully saturated rings. The van der Waals surface area contributed by atoms with Gasteiger partial charge in [0, 0.05) is 6.42 Å². The average Bonchev–Trinajstić information content (AvgIpc) is 3.38. The average molecular weight is 1010 g/mol. The number of amides is 1. The third-order valence-electron chi connectivity index (χ3n) is 13.1. The Hall–Kier alpha value is -3.15. The molecule has 0 radical (unpaired) electrons. The van der Waals surface area contributed by atoms with Crippen molar-refractivity contribution in [2.75, 3.05) is 13.2 Å². The Morgan fingerprint density at radius 2 is 0.875 bits per heavy atom. The van der Waals surface area contributed by atoms with E-state index in [0.717, 1.165) is 96.3 Å². The maximum absolute atomic E-state index is 13.1. The predicted molar refractivity (Wildman–Crippen MR) is 304 cm³/mol. The normalized spacial score (nSPS) is 20.0. The summed E-state index contributed by atoms with van der Waals surface area (Å²) < 4.78 is 11.3. The highest BCUT2D eigenvalue weighted by molar-refractivity contribution is 5.76. The fraction of sp³-hybridized carbons (Fsp3) is 0.698. The fourth-order valence-corrected chi connectivity index (χ4v) is 8.51. The lowest BCUT2D eigenvalue weighted by molar-refractivity contribution is -0.302. The molecule has 1 aliphatic heterocycles. The monoisotopic (exact) mass is 1010 g/mol. The molecule has 1 rings (SSSR count). The second kappa shape index (κ2) is 51.3. The zero-order valence-electron chi connectivity index (χ0n) is 45.6. The summed E-state index contributed by atoms with van der Waals surface area (Å²) in [6, 6.07) is -0.836. The lowest BCUT2D eigenvalue weighted by Gasteiger charge is -2.40. The summed E-state index contributed by atoms with van der Waals surface area (Å²) in [5, 5.41) is 54.5. The Labute approximate surface area is 440 Å². The van der Waals surface area contributed by atoms with E-state index in [2.05, 4.69) is 116 Å². The van der Waals surface area contributed by atoms with Crippen molar-refractivity contribution in [1.29, 1.82) is 0 Å². The van der Waals surface area contributed by atoms with E-state index >= 15 is 0 Å². The van der Waals surface area contributed by atoms with E-state index in [4.69, 9.17) is 9.47 Å². The van der Waals surface area contributed by atoms with Crippen molar-refractivity contribution < 1.29 is 39.8 Å². The van der Waals surface area contributed by atoms with Crippen molar-refractivity contribution in [2.45, 2.75) is 269 Å². The number of carbonyl (C=O) groups excluding carboxylic acids is 1. The van der Waals surface area contributed by atoms with Gasteiger partial charge in [0.15, 0.2) is 6.29 Å². The Balaban J connectivity index is 2.27. The summed E-state index contributed by atoms with van der Waals surface area (Å²) in [5.74, 6) is -0.202. The number of rotatable bonds is 48. The van der Waals surface area contributed by atoms with E-state index in [9.17, 15) is 30.3 Å². The third kappa shape index (κ3) is 40.3. The van der Waals surface area contributed by atoms with E-state index in [1.165, 1.54) is 109 Å². The van der Waals surface area contributed by atoms with Crippen LogP contribution in [0.5, 0.6) is 0 Å². The van der Waals surface area contributed by atoms with Gasteiger partial charge in [-0.1, -0.05) is 239 Å². The summed E-state index contributed by atoms with van der Waals surface area (Å²) in [6.45, 7) is 3.64. The van der Waals surface area contributed by atoms with Crippen LogP contribution >= 0.6 is 0 Å². The number of ether oxygens (including phenoxy) is 2. The number of hydrogen-bond acceptors (Lipinski definition) is 8. The van der Waals surface area contributed by atoms with Gasteiger partial charge in [-0.3, -0.25) is 4.79 Å². The van der Waals surface area contributed by atoms with Crippen LogP contribution in [0.1, 0.15) is 226 Å². The first-order valence-corrected chi connectivity index (χ1v) is 29.1. The van der Waals surface area contributed by atoms with Gasteiger partial charge in [-0.15, -0.1) is 0 Å². The van der Waals surface area contributed by atoms with Crippen LogP contribution < -0.4 is 5.32 Å². The van der Waals surface area contributed by atoms with E-state index < -0.39 is 49.5 Å². The molecule has 9 heteroatoms. The second-order valence-electron chi connectivity index (χ2n) is 19.7. The molecule has 0 bridgehead atoms. The lowest BCUT2D eigenvalue weighted by Crippen LogP contribution is -2.60. The predicted octanol–water partition coefficient (Wildman–Crippen LogP) is 14.6. The van der Waals surface area contributed by atoms with Gasteiger partial charge >= 0.3 is 0 Å². The first-order chi connectivity index (χ1) is 35.3. The summed E-state index contributed by atoms with van der Waals surface area (Å²) >= 11 is 0. The Morgan fingerprint density at radius 3 is 1.33 bits per heavy atom. The molecular weight excluding hydrogens is 899 g/mol. The molecule has 6 N–H and O–H groups in total. The number of nitrogens with one attached hydrogen (secondary N) is 1. The SMILES string of the molecule is CC/C=C\C/C=C\C/C=C\C/C=C\C/C=C\C/C=C\C/C=C\CCCCCCCCCC(=O)NC(COC1OC(CO)C(O)C(O)C1O)C(O)/C=C/CC/C=C/CCCCCCCCCCCCCCCC. The minimum absolute atomic E-state index is 0.202. The highest BCUT2D eigenvalue weighted by Gasteiger charge is 2.44. The molecule has 0 aromatic rings. The number of hydrogen-bond donors (Lipinski definition) is 6. The van der Waals surface area contributed by atoms with Gasteiger partial charge in [0.05, 0.1) is 25.4 Å².